The molecule has 0 aromatic carbocycles. The third kappa shape index (κ3) is 2.02. The van der Waals surface area contributed by atoms with E-state index in [0.29, 0.717) is 6.04 Å². The first-order chi connectivity index (χ1) is 6.36. The summed E-state index contributed by atoms with van der Waals surface area (Å²) in [5.74, 6) is 0. The van der Waals surface area contributed by atoms with Crippen LogP contribution in [-0.4, -0.2) is 30.1 Å². The minimum Gasteiger partial charge on any atom is -0.335 e. The zero-order valence-electron chi connectivity index (χ0n) is 7.83. The average Bonchev–Trinajstić information content (AvgIpc) is 2.12. The molecule has 72 valence electrons. The van der Waals surface area contributed by atoms with E-state index >= 15 is 0 Å². The van der Waals surface area contributed by atoms with E-state index in [9.17, 15) is 4.79 Å². The van der Waals surface area contributed by atoms with Gasteiger partial charge in [0.15, 0.2) is 0 Å². The predicted molar refractivity (Wildman–Crippen MR) is 51.5 cm³/mol. The molecule has 1 aliphatic carbocycles. The molecule has 0 saturated heterocycles. The monoisotopic (exact) mass is 180 g/mol. The van der Waals surface area contributed by atoms with Crippen molar-refractivity contribution in [3.8, 4) is 0 Å². The van der Waals surface area contributed by atoms with E-state index in [-0.39, 0.29) is 6.03 Å². The van der Waals surface area contributed by atoms with Crippen molar-refractivity contribution < 1.29 is 4.79 Å². The lowest BCUT2D eigenvalue weighted by Gasteiger charge is -2.31. The second kappa shape index (κ2) is 3.81. The molecule has 1 fully saturated rings. The van der Waals surface area contributed by atoms with Crippen molar-refractivity contribution in [1.82, 2.24) is 10.2 Å². The van der Waals surface area contributed by atoms with Gasteiger partial charge in [-0.3, -0.25) is 0 Å². The number of hydrogen-bond acceptors (Lipinski definition) is 1. The maximum absolute atomic E-state index is 11.6. The van der Waals surface area contributed by atoms with Gasteiger partial charge in [0.05, 0.1) is 0 Å². The molecule has 1 saturated carbocycles. The molecule has 3 nitrogen and oxygen atoms in total. The first-order valence-electron chi connectivity index (χ1n) is 5.07. The summed E-state index contributed by atoms with van der Waals surface area (Å²) in [7, 11) is 0. The Hall–Kier alpha value is -0.990. The summed E-state index contributed by atoms with van der Waals surface area (Å²) in [6.45, 7) is 1.65. The lowest BCUT2D eigenvalue weighted by Crippen LogP contribution is -2.48. The van der Waals surface area contributed by atoms with Gasteiger partial charge in [0.25, 0.3) is 0 Å². The van der Waals surface area contributed by atoms with E-state index in [1.165, 1.54) is 6.42 Å². The fraction of sp³-hybridized carbons (Fsp3) is 0.700. The van der Waals surface area contributed by atoms with E-state index in [0.717, 1.165) is 32.4 Å². The molecular formula is C10H16N2O. The molecule has 13 heavy (non-hydrogen) atoms. The summed E-state index contributed by atoms with van der Waals surface area (Å²) in [4.78, 5) is 13.5. The topological polar surface area (TPSA) is 32.3 Å². The Morgan fingerprint density at radius 1 is 1.38 bits per heavy atom. The summed E-state index contributed by atoms with van der Waals surface area (Å²) >= 11 is 0. The van der Waals surface area contributed by atoms with E-state index in [1.54, 1.807) is 0 Å². The average molecular weight is 180 g/mol. The van der Waals surface area contributed by atoms with Gasteiger partial charge in [0.1, 0.15) is 0 Å². The van der Waals surface area contributed by atoms with Crippen LogP contribution in [-0.2, 0) is 0 Å². The van der Waals surface area contributed by atoms with Gasteiger partial charge in [-0.25, -0.2) is 4.79 Å². The number of urea groups is 1. The lowest BCUT2D eigenvalue weighted by atomic mass is 9.93. The molecule has 2 rings (SSSR count). The first kappa shape index (κ1) is 8.60. The van der Waals surface area contributed by atoms with Gasteiger partial charge in [0.2, 0.25) is 0 Å². The van der Waals surface area contributed by atoms with Crippen molar-refractivity contribution >= 4 is 6.03 Å². The van der Waals surface area contributed by atoms with Gasteiger partial charge in [-0.1, -0.05) is 12.2 Å². The maximum Gasteiger partial charge on any atom is 0.317 e. The third-order valence-corrected chi connectivity index (χ3v) is 2.78. The van der Waals surface area contributed by atoms with Crippen LogP contribution in [0.5, 0.6) is 0 Å². The Morgan fingerprint density at radius 3 is 2.77 bits per heavy atom. The Morgan fingerprint density at radius 2 is 2.23 bits per heavy atom. The van der Waals surface area contributed by atoms with Crippen LogP contribution in [0, 0.1) is 0 Å². The summed E-state index contributed by atoms with van der Waals surface area (Å²) in [6, 6.07) is 0.576. The van der Waals surface area contributed by atoms with Crippen molar-refractivity contribution in [3.63, 3.8) is 0 Å². The van der Waals surface area contributed by atoms with Crippen molar-refractivity contribution in [3.05, 3.63) is 12.2 Å². The summed E-state index contributed by atoms with van der Waals surface area (Å²) in [5, 5.41) is 3.04. The van der Waals surface area contributed by atoms with E-state index in [2.05, 4.69) is 17.5 Å². The Labute approximate surface area is 78.8 Å². The summed E-state index contributed by atoms with van der Waals surface area (Å²) in [5.41, 5.74) is 0. The molecule has 1 N–H and O–H groups in total. The van der Waals surface area contributed by atoms with Gasteiger partial charge in [-0.2, -0.15) is 0 Å². The molecule has 0 radical (unpaired) electrons. The zero-order valence-corrected chi connectivity index (χ0v) is 7.83. The molecule has 1 aliphatic heterocycles. The molecular weight excluding hydrogens is 164 g/mol. The molecule has 0 bridgehead atoms. The standard InChI is InChI=1S/C10H16N2O/c13-10(11-9-5-4-6-9)12-7-2-1-3-8-12/h1-2,9H,3-8H2,(H,11,13). The van der Waals surface area contributed by atoms with E-state index < -0.39 is 0 Å². The van der Waals surface area contributed by atoms with Crippen molar-refractivity contribution in [2.75, 3.05) is 13.1 Å². The maximum atomic E-state index is 11.6. The van der Waals surface area contributed by atoms with Crippen LogP contribution in [0.1, 0.15) is 25.7 Å². The Kier molecular flexibility index (Phi) is 2.52. The Bertz CT molecular complexity index is 221. The highest BCUT2D eigenvalue weighted by Crippen LogP contribution is 2.18. The summed E-state index contributed by atoms with van der Waals surface area (Å²) in [6.07, 6.45) is 8.78. The van der Waals surface area contributed by atoms with Gasteiger partial charge in [-0.15, -0.1) is 0 Å². The molecule has 2 amide bonds. The largest absolute Gasteiger partial charge is 0.335 e. The lowest BCUT2D eigenvalue weighted by molar-refractivity contribution is 0.190. The van der Waals surface area contributed by atoms with Crippen LogP contribution in [0.2, 0.25) is 0 Å². The smallest absolute Gasteiger partial charge is 0.317 e. The number of amides is 2. The second-order valence-corrected chi connectivity index (χ2v) is 3.78. The highest BCUT2D eigenvalue weighted by molar-refractivity contribution is 5.75. The summed E-state index contributed by atoms with van der Waals surface area (Å²) < 4.78 is 0. The number of nitrogens with one attached hydrogen (secondary N) is 1. The van der Waals surface area contributed by atoms with Gasteiger partial charge in [-0.05, 0) is 25.7 Å². The van der Waals surface area contributed by atoms with Crippen LogP contribution in [0.4, 0.5) is 4.79 Å². The minimum absolute atomic E-state index is 0.119. The SMILES string of the molecule is O=C(NC1CCC1)N1CC=CCC1. The van der Waals surface area contributed by atoms with Crippen LogP contribution < -0.4 is 5.32 Å². The highest BCUT2D eigenvalue weighted by Gasteiger charge is 2.22. The van der Waals surface area contributed by atoms with Gasteiger partial charge < -0.3 is 10.2 Å². The molecule has 0 aromatic heterocycles. The second-order valence-electron chi connectivity index (χ2n) is 3.78. The molecule has 3 heteroatoms. The van der Waals surface area contributed by atoms with Crippen LogP contribution in [0.3, 0.4) is 0 Å². The van der Waals surface area contributed by atoms with Gasteiger partial charge in [0, 0.05) is 19.1 Å². The predicted octanol–water partition coefficient (Wildman–Crippen LogP) is 1.51. The third-order valence-electron chi connectivity index (χ3n) is 2.78. The zero-order chi connectivity index (χ0) is 9.10. The van der Waals surface area contributed by atoms with Crippen molar-refractivity contribution in [2.24, 2.45) is 0 Å². The molecule has 2 aliphatic rings. The van der Waals surface area contributed by atoms with Crippen LogP contribution in [0.15, 0.2) is 12.2 Å². The first-order valence-corrected chi connectivity index (χ1v) is 5.07. The molecule has 0 aromatic rings. The molecule has 0 spiro atoms. The number of carbonyl (C=O) groups excluding carboxylic acids is 1. The molecule has 0 atom stereocenters. The minimum atomic E-state index is 0.119. The van der Waals surface area contributed by atoms with E-state index in [1.807, 2.05) is 4.90 Å². The number of rotatable bonds is 1. The number of carbonyl (C=O) groups is 1. The quantitative estimate of drug-likeness (QED) is 0.609. The van der Waals surface area contributed by atoms with Crippen LogP contribution in [0.25, 0.3) is 0 Å². The molecule has 0 unspecified atom stereocenters. The number of nitrogens with zero attached hydrogens (tertiary/aromatic N) is 1. The highest BCUT2D eigenvalue weighted by atomic mass is 16.2. The molecule has 1 heterocycles. The normalized spacial score (nSPS) is 22.6. The van der Waals surface area contributed by atoms with Crippen LogP contribution >= 0.6 is 0 Å². The fourth-order valence-corrected chi connectivity index (χ4v) is 1.64. The van der Waals surface area contributed by atoms with E-state index in [4.69, 9.17) is 0 Å². The van der Waals surface area contributed by atoms with Gasteiger partial charge >= 0.3 is 6.03 Å². The number of hydrogen-bond donors (Lipinski definition) is 1. The van der Waals surface area contributed by atoms with Crippen molar-refractivity contribution in [1.29, 1.82) is 0 Å². The fourth-order valence-electron chi connectivity index (χ4n) is 1.64. The van der Waals surface area contributed by atoms with Crippen molar-refractivity contribution in [2.45, 2.75) is 31.7 Å². The Balaban J connectivity index is 1.78.